The molecule has 6 nitrogen and oxygen atoms in total. The molecule has 3 atom stereocenters. The first-order valence-corrected chi connectivity index (χ1v) is 6.03. The van der Waals surface area contributed by atoms with Gasteiger partial charge in [0.15, 0.2) is 0 Å². The monoisotopic (exact) mass is 299 g/mol. The van der Waals surface area contributed by atoms with E-state index in [-0.39, 0.29) is 6.04 Å². The van der Waals surface area contributed by atoms with Crippen LogP contribution in [0.3, 0.4) is 0 Å². The Kier molecular flexibility index (Phi) is 5.75. The second-order valence-electron chi connectivity index (χ2n) is 4.46. The third kappa shape index (κ3) is 4.34. The molecular formula is C11H16F3NO5. The van der Waals surface area contributed by atoms with Crippen molar-refractivity contribution in [3.05, 3.63) is 0 Å². The number of halogens is 3. The fourth-order valence-corrected chi connectivity index (χ4v) is 2.04. The van der Waals surface area contributed by atoms with Gasteiger partial charge in [-0.05, 0) is 26.3 Å². The number of hydrogen-bond acceptors (Lipinski definition) is 6. The van der Waals surface area contributed by atoms with E-state index in [0.29, 0.717) is 0 Å². The van der Waals surface area contributed by atoms with E-state index < -0.39 is 30.1 Å². The molecule has 116 valence electrons. The minimum absolute atomic E-state index is 0.0964. The van der Waals surface area contributed by atoms with Gasteiger partial charge in [-0.2, -0.15) is 13.2 Å². The summed E-state index contributed by atoms with van der Waals surface area (Å²) in [6.45, 7) is 2.20. The van der Waals surface area contributed by atoms with Gasteiger partial charge in [-0.1, -0.05) is 0 Å². The maximum atomic E-state index is 11.9. The zero-order chi connectivity index (χ0) is 15.3. The molecule has 0 spiro atoms. The molecule has 1 aliphatic rings. The fraction of sp³-hybridized carbons (Fsp3) is 0.818. The lowest BCUT2D eigenvalue weighted by atomic mass is 9.97. The number of hydrogen-bond donors (Lipinski definition) is 1. The summed E-state index contributed by atoms with van der Waals surface area (Å²) >= 11 is 0. The molecular weight excluding hydrogens is 283 g/mol. The number of rotatable bonds is 4. The third-order valence-electron chi connectivity index (χ3n) is 3.06. The van der Waals surface area contributed by atoms with Crippen LogP contribution in [0.25, 0.3) is 0 Å². The molecule has 0 amide bonds. The van der Waals surface area contributed by atoms with Crippen LogP contribution >= 0.6 is 0 Å². The smallest absolute Gasteiger partial charge is 0.379 e. The van der Waals surface area contributed by atoms with Gasteiger partial charge in [0, 0.05) is 13.2 Å². The summed E-state index contributed by atoms with van der Waals surface area (Å²) in [5.74, 6) is -4.55. The summed E-state index contributed by atoms with van der Waals surface area (Å²) in [4.78, 5) is 29.4. The predicted molar refractivity (Wildman–Crippen MR) is 59.2 cm³/mol. The lowest BCUT2D eigenvalue weighted by molar-refractivity contribution is -0.289. The molecule has 0 radical (unpaired) electrons. The van der Waals surface area contributed by atoms with Crippen molar-refractivity contribution in [2.45, 2.75) is 38.1 Å². The molecule has 1 saturated heterocycles. The van der Waals surface area contributed by atoms with Crippen LogP contribution in [0.4, 0.5) is 13.2 Å². The van der Waals surface area contributed by atoms with Crippen molar-refractivity contribution in [1.82, 2.24) is 5.32 Å². The molecule has 0 aromatic carbocycles. The van der Waals surface area contributed by atoms with Gasteiger partial charge < -0.3 is 10.1 Å². The van der Waals surface area contributed by atoms with Crippen molar-refractivity contribution >= 4 is 11.9 Å². The number of nitrogens with one attached hydrogen (secondary N) is 1. The highest BCUT2D eigenvalue weighted by atomic mass is 19.4. The number of alkyl halides is 3. The minimum Gasteiger partial charge on any atom is -0.379 e. The van der Waals surface area contributed by atoms with Crippen LogP contribution < -0.4 is 5.32 Å². The number of ether oxygens (including phenoxy) is 1. The molecule has 1 heterocycles. The van der Waals surface area contributed by atoms with Crippen molar-refractivity contribution in [2.75, 3.05) is 13.7 Å². The number of carbonyl (C=O) groups excluding carboxylic acids is 2. The Bertz CT molecular complexity index is 354. The summed E-state index contributed by atoms with van der Waals surface area (Å²) in [6.07, 6.45) is -4.10. The van der Waals surface area contributed by atoms with E-state index >= 15 is 0 Å². The Balaban J connectivity index is 2.50. The maximum absolute atomic E-state index is 11.9. The Morgan fingerprint density at radius 3 is 2.40 bits per heavy atom. The van der Waals surface area contributed by atoms with E-state index in [4.69, 9.17) is 4.74 Å². The SMILES string of the molecule is CO[C@@H]([C@@H]1CCCN1)[C@@H](C)C(=O)OOC(=O)C(F)(F)F. The van der Waals surface area contributed by atoms with Crippen molar-refractivity contribution in [2.24, 2.45) is 5.92 Å². The zero-order valence-corrected chi connectivity index (χ0v) is 11.0. The van der Waals surface area contributed by atoms with E-state index in [1.165, 1.54) is 14.0 Å². The summed E-state index contributed by atoms with van der Waals surface area (Å²) < 4.78 is 40.8. The Morgan fingerprint density at radius 2 is 1.95 bits per heavy atom. The topological polar surface area (TPSA) is 73.9 Å². The van der Waals surface area contributed by atoms with Crippen molar-refractivity contribution in [1.29, 1.82) is 0 Å². The predicted octanol–water partition coefficient (Wildman–Crippen LogP) is 0.953. The van der Waals surface area contributed by atoms with E-state index in [1.807, 2.05) is 0 Å². The Labute approximate surface area is 113 Å². The molecule has 0 saturated carbocycles. The van der Waals surface area contributed by atoms with Gasteiger partial charge >= 0.3 is 18.1 Å². The van der Waals surface area contributed by atoms with E-state index in [1.54, 1.807) is 0 Å². The van der Waals surface area contributed by atoms with Gasteiger partial charge in [0.05, 0.1) is 12.0 Å². The fourth-order valence-electron chi connectivity index (χ4n) is 2.04. The van der Waals surface area contributed by atoms with Crippen molar-refractivity contribution in [3.8, 4) is 0 Å². The number of carbonyl (C=O) groups is 2. The van der Waals surface area contributed by atoms with E-state index in [0.717, 1.165) is 19.4 Å². The van der Waals surface area contributed by atoms with Crippen LogP contribution in [0.1, 0.15) is 19.8 Å². The van der Waals surface area contributed by atoms with Gasteiger partial charge in [0.2, 0.25) is 0 Å². The zero-order valence-electron chi connectivity index (χ0n) is 11.0. The lowest BCUT2D eigenvalue weighted by Crippen LogP contribution is -2.43. The quantitative estimate of drug-likeness (QED) is 0.615. The second kappa shape index (κ2) is 6.89. The molecule has 0 aliphatic carbocycles. The minimum atomic E-state index is -5.21. The molecule has 1 rings (SSSR count). The summed E-state index contributed by atoms with van der Waals surface area (Å²) in [6, 6.07) is -0.0964. The molecule has 1 aliphatic heterocycles. The molecule has 1 N–H and O–H groups in total. The van der Waals surface area contributed by atoms with Crippen molar-refractivity contribution in [3.63, 3.8) is 0 Å². The van der Waals surface area contributed by atoms with Crippen LogP contribution in [-0.4, -0.2) is 43.9 Å². The first-order chi connectivity index (χ1) is 9.27. The average molecular weight is 299 g/mol. The molecule has 9 heteroatoms. The first-order valence-electron chi connectivity index (χ1n) is 6.03. The Morgan fingerprint density at radius 1 is 1.30 bits per heavy atom. The van der Waals surface area contributed by atoms with Crippen LogP contribution in [-0.2, 0) is 24.1 Å². The lowest BCUT2D eigenvalue weighted by Gasteiger charge is -2.26. The maximum Gasteiger partial charge on any atom is 0.495 e. The number of methoxy groups -OCH3 is 1. The molecule has 0 bridgehead atoms. The molecule has 0 aromatic rings. The van der Waals surface area contributed by atoms with Crippen LogP contribution in [0.15, 0.2) is 0 Å². The van der Waals surface area contributed by atoms with Gasteiger partial charge in [0.1, 0.15) is 0 Å². The second-order valence-corrected chi connectivity index (χ2v) is 4.46. The Hall–Kier alpha value is -1.35. The summed E-state index contributed by atoms with van der Waals surface area (Å²) in [7, 11) is 1.39. The highest BCUT2D eigenvalue weighted by Crippen LogP contribution is 2.21. The third-order valence-corrected chi connectivity index (χ3v) is 3.06. The summed E-state index contributed by atoms with van der Waals surface area (Å²) in [5.41, 5.74) is 0. The average Bonchev–Trinajstić information content (AvgIpc) is 2.88. The van der Waals surface area contributed by atoms with E-state index in [9.17, 15) is 22.8 Å². The molecule has 20 heavy (non-hydrogen) atoms. The highest BCUT2D eigenvalue weighted by molar-refractivity contribution is 5.77. The van der Waals surface area contributed by atoms with Crippen LogP contribution in [0, 0.1) is 5.92 Å². The van der Waals surface area contributed by atoms with Crippen molar-refractivity contribution < 1.29 is 37.3 Å². The van der Waals surface area contributed by atoms with E-state index in [2.05, 4.69) is 15.1 Å². The molecule has 1 fully saturated rings. The van der Waals surface area contributed by atoms with Gasteiger partial charge in [-0.3, -0.25) is 0 Å². The molecule has 0 aromatic heterocycles. The highest BCUT2D eigenvalue weighted by Gasteiger charge is 2.44. The van der Waals surface area contributed by atoms with Gasteiger partial charge in [-0.15, -0.1) is 0 Å². The largest absolute Gasteiger partial charge is 0.495 e. The first kappa shape index (κ1) is 16.7. The summed E-state index contributed by atoms with van der Waals surface area (Å²) in [5, 5.41) is 3.11. The van der Waals surface area contributed by atoms with Gasteiger partial charge in [0.25, 0.3) is 0 Å². The van der Waals surface area contributed by atoms with Crippen LogP contribution in [0.5, 0.6) is 0 Å². The van der Waals surface area contributed by atoms with Crippen LogP contribution in [0.2, 0.25) is 0 Å². The normalized spacial score (nSPS) is 22.1. The van der Waals surface area contributed by atoms with Gasteiger partial charge in [-0.25, -0.2) is 19.4 Å². The molecule has 0 unspecified atom stereocenters. The standard InChI is InChI=1S/C11H16F3NO5/c1-6(8(18-2)7-4-3-5-15-7)9(16)19-20-10(17)11(12,13)14/h6-8,15H,3-5H2,1-2H3/t6-,7+,8-/m1/s1.